The average molecular weight is 385 g/mol. The van der Waals surface area contributed by atoms with Crippen LogP contribution in [-0.2, 0) is 10.8 Å². The summed E-state index contributed by atoms with van der Waals surface area (Å²) in [7, 11) is 0. The van der Waals surface area contributed by atoms with Gasteiger partial charge in [0.2, 0.25) is 5.82 Å². The summed E-state index contributed by atoms with van der Waals surface area (Å²) in [6.45, 7) is 12.6. The highest BCUT2D eigenvalue weighted by Crippen LogP contribution is 2.41. The lowest BCUT2D eigenvalue weighted by molar-refractivity contribution is 0.428. The first kappa shape index (κ1) is 19.4. The van der Waals surface area contributed by atoms with Gasteiger partial charge in [-0.05, 0) is 34.6 Å². The molecule has 1 N–H and O–H groups in total. The third-order valence-electron chi connectivity index (χ3n) is 4.56. The monoisotopic (exact) mass is 384 g/mol. The van der Waals surface area contributed by atoms with Crippen molar-refractivity contribution in [2.24, 2.45) is 0 Å². The van der Waals surface area contributed by atoms with Crippen molar-refractivity contribution in [3.05, 3.63) is 52.5 Å². The maximum absolute atomic E-state index is 11.0. The maximum atomic E-state index is 11.0. The van der Waals surface area contributed by atoms with Crippen molar-refractivity contribution in [2.45, 2.75) is 52.4 Å². The topological polar surface area (TPSA) is 59.2 Å². The standard InChI is InChI=1S/C22H25ClN2O2/c1-21(2,3)13-11-15(18(26)16(12-13)22(4,5)6)19-24-20(27-25-19)14-9-7-8-10-17(14)23/h7-12,26H,1-6H3. The molecule has 0 radical (unpaired) electrons. The molecular formula is C22H25ClN2O2. The van der Waals surface area contributed by atoms with Crippen LogP contribution >= 0.6 is 11.6 Å². The van der Waals surface area contributed by atoms with E-state index in [0.717, 1.165) is 11.1 Å². The van der Waals surface area contributed by atoms with Gasteiger partial charge in [0.1, 0.15) is 5.75 Å². The number of rotatable bonds is 2. The van der Waals surface area contributed by atoms with Crippen LogP contribution in [0.2, 0.25) is 5.02 Å². The van der Waals surface area contributed by atoms with E-state index in [2.05, 4.69) is 57.7 Å². The van der Waals surface area contributed by atoms with E-state index >= 15 is 0 Å². The van der Waals surface area contributed by atoms with Crippen molar-refractivity contribution in [3.8, 4) is 28.6 Å². The van der Waals surface area contributed by atoms with Crippen LogP contribution in [0.15, 0.2) is 40.9 Å². The Bertz CT molecular complexity index is 979. The number of hydrogen-bond donors (Lipinski definition) is 1. The highest BCUT2D eigenvalue weighted by atomic mass is 35.5. The predicted molar refractivity (Wildman–Crippen MR) is 109 cm³/mol. The molecule has 0 saturated carbocycles. The molecule has 0 bridgehead atoms. The van der Waals surface area contributed by atoms with Gasteiger partial charge in [0.25, 0.3) is 5.89 Å². The number of aromatic nitrogens is 2. The van der Waals surface area contributed by atoms with E-state index in [1.807, 2.05) is 24.3 Å². The molecule has 3 aromatic rings. The molecule has 0 spiro atoms. The van der Waals surface area contributed by atoms with Crippen LogP contribution in [0.25, 0.3) is 22.8 Å². The maximum Gasteiger partial charge on any atom is 0.259 e. The summed E-state index contributed by atoms with van der Waals surface area (Å²) in [6, 6.07) is 11.3. The molecule has 0 unspecified atom stereocenters. The van der Waals surface area contributed by atoms with E-state index < -0.39 is 0 Å². The van der Waals surface area contributed by atoms with Gasteiger partial charge in [-0.3, -0.25) is 0 Å². The molecule has 5 heteroatoms. The Labute approximate surface area is 165 Å². The van der Waals surface area contributed by atoms with E-state index in [0.29, 0.717) is 27.9 Å². The molecule has 0 fully saturated rings. The van der Waals surface area contributed by atoms with Gasteiger partial charge >= 0.3 is 0 Å². The quantitative estimate of drug-likeness (QED) is 0.558. The normalized spacial score (nSPS) is 12.4. The lowest BCUT2D eigenvalue weighted by atomic mass is 9.79. The van der Waals surface area contributed by atoms with Gasteiger partial charge < -0.3 is 9.63 Å². The van der Waals surface area contributed by atoms with E-state index in [9.17, 15) is 5.11 Å². The lowest BCUT2D eigenvalue weighted by Crippen LogP contribution is -2.17. The Morgan fingerprint density at radius 2 is 1.59 bits per heavy atom. The zero-order valence-corrected chi connectivity index (χ0v) is 17.3. The van der Waals surface area contributed by atoms with Gasteiger partial charge in [-0.25, -0.2) is 0 Å². The Morgan fingerprint density at radius 3 is 2.19 bits per heavy atom. The van der Waals surface area contributed by atoms with E-state index in [1.165, 1.54) is 0 Å². The van der Waals surface area contributed by atoms with Crippen molar-refractivity contribution in [1.82, 2.24) is 10.1 Å². The second kappa shape index (κ2) is 6.68. The molecule has 1 aromatic heterocycles. The smallest absolute Gasteiger partial charge is 0.259 e. The minimum absolute atomic E-state index is 0.0856. The van der Waals surface area contributed by atoms with Gasteiger partial charge in [-0.15, -0.1) is 0 Å². The second-order valence-electron chi connectivity index (χ2n) is 8.82. The number of benzene rings is 2. The zero-order chi connectivity index (χ0) is 20.0. The van der Waals surface area contributed by atoms with Gasteiger partial charge in [-0.2, -0.15) is 4.98 Å². The van der Waals surface area contributed by atoms with Crippen molar-refractivity contribution >= 4 is 11.6 Å². The summed E-state index contributed by atoms with van der Waals surface area (Å²) < 4.78 is 5.44. The highest BCUT2D eigenvalue weighted by Gasteiger charge is 2.27. The van der Waals surface area contributed by atoms with Crippen molar-refractivity contribution < 1.29 is 9.63 Å². The fraction of sp³-hybridized carbons (Fsp3) is 0.364. The van der Waals surface area contributed by atoms with Crippen LogP contribution in [0.4, 0.5) is 0 Å². The molecule has 0 amide bonds. The van der Waals surface area contributed by atoms with Gasteiger partial charge in [0, 0.05) is 5.56 Å². The van der Waals surface area contributed by atoms with Crippen LogP contribution in [0, 0.1) is 0 Å². The molecule has 0 aliphatic heterocycles. The summed E-state index contributed by atoms with van der Waals surface area (Å²) in [5.41, 5.74) is 2.88. The summed E-state index contributed by atoms with van der Waals surface area (Å²) in [5, 5.41) is 15.6. The van der Waals surface area contributed by atoms with Crippen LogP contribution in [0.5, 0.6) is 5.75 Å². The first-order chi connectivity index (χ1) is 12.5. The summed E-state index contributed by atoms with van der Waals surface area (Å²) >= 11 is 6.24. The highest BCUT2D eigenvalue weighted by molar-refractivity contribution is 6.33. The molecule has 1 heterocycles. The minimum Gasteiger partial charge on any atom is -0.507 e. The van der Waals surface area contributed by atoms with Crippen molar-refractivity contribution in [1.29, 1.82) is 0 Å². The summed E-state index contributed by atoms with van der Waals surface area (Å²) in [5.74, 6) is 0.856. The van der Waals surface area contributed by atoms with Gasteiger partial charge in [0.15, 0.2) is 0 Å². The number of nitrogens with zero attached hydrogens (tertiary/aromatic N) is 2. The Hall–Kier alpha value is -2.33. The lowest BCUT2D eigenvalue weighted by Gasteiger charge is -2.27. The van der Waals surface area contributed by atoms with Crippen LogP contribution in [-0.4, -0.2) is 15.2 Å². The Kier molecular flexibility index (Phi) is 4.81. The fourth-order valence-electron chi connectivity index (χ4n) is 2.89. The molecule has 2 aromatic carbocycles. The van der Waals surface area contributed by atoms with Gasteiger partial charge in [-0.1, -0.05) is 76.5 Å². The Morgan fingerprint density at radius 1 is 0.926 bits per heavy atom. The zero-order valence-electron chi connectivity index (χ0n) is 16.6. The third kappa shape index (κ3) is 3.86. The van der Waals surface area contributed by atoms with Crippen molar-refractivity contribution in [3.63, 3.8) is 0 Å². The molecule has 0 aliphatic carbocycles. The van der Waals surface area contributed by atoms with E-state index in [-0.39, 0.29) is 16.6 Å². The number of aromatic hydroxyl groups is 1. The molecule has 0 atom stereocenters. The molecule has 4 nitrogen and oxygen atoms in total. The molecule has 0 saturated heterocycles. The first-order valence-corrected chi connectivity index (χ1v) is 9.33. The number of hydrogen-bond acceptors (Lipinski definition) is 4. The van der Waals surface area contributed by atoms with Crippen LogP contribution < -0.4 is 0 Å². The van der Waals surface area contributed by atoms with Gasteiger partial charge in [0.05, 0.1) is 16.1 Å². The molecule has 142 valence electrons. The fourth-order valence-corrected chi connectivity index (χ4v) is 3.10. The van der Waals surface area contributed by atoms with E-state index in [4.69, 9.17) is 16.1 Å². The van der Waals surface area contributed by atoms with Crippen LogP contribution in [0.3, 0.4) is 0 Å². The van der Waals surface area contributed by atoms with Crippen LogP contribution in [0.1, 0.15) is 52.7 Å². The molecule has 27 heavy (non-hydrogen) atoms. The number of phenolic OH excluding ortho intramolecular Hbond substituents is 1. The predicted octanol–water partition coefficient (Wildman–Crippen LogP) is 6.36. The Balaban J connectivity index is 2.19. The summed E-state index contributed by atoms with van der Waals surface area (Å²) in [4.78, 5) is 4.50. The molecular weight excluding hydrogens is 360 g/mol. The molecule has 3 rings (SSSR count). The largest absolute Gasteiger partial charge is 0.507 e. The SMILES string of the molecule is CC(C)(C)c1cc(-c2noc(-c3ccccc3Cl)n2)c(O)c(C(C)(C)C)c1. The average Bonchev–Trinajstić information content (AvgIpc) is 3.02. The second-order valence-corrected chi connectivity index (χ2v) is 9.23. The minimum atomic E-state index is -0.227. The third-order valence-corrected chi connectivity index (χ3v) is 4.88. The van der Waals surface area contributed by atoms with Crippen molar-refractivity contribution in [2.75, 3.05) is 0 Å². The molecule has 0 aliphatic rings. The summed E-state index contributed by atoms with van der Waals surface area (Å²) in [6.07, 6.45) is 0. The first-order valence-electron chi connectivity index (χ1n) is 8.95. The van der Waals surface area contributed by atoms with E-state index in [1.54, 1.807) is 6.07 Å². The number of phenols is 1. The number of halogens is 1.